The minimum atomic E-state index is -0.0824. The predicted octanol–water partition coefficient (Wildman–Crippen LogP) is 4.96. The van der Waals surface area contributed by atoms with E-state index in [0.29, 0.717) is 12.2 Å². The van der Waals surface area contributed by atoms with Crippen molar-refractivity contribution >= 4 is 45.0 Å². The van der Waals surface area contributed by atoms with Gasteiger partial charge in [-0.25, -0.2) is 4.98 Å². The molecule has 0 fully saturated rings. The molecule has 0 spiro atoms. The Morgan fingerprint density at radius 1 is 1.20 bits per heavy atom. The van der Waals surface area contributed by atoms with Crippen molar-refractivity contribution in [2.75, 3.05) is 32.1 Å². The first-order valence-electron chi connectivity index (χ1n) is 10.2. The largest absolute Gasteiger partial charge is 0.309 e. The first-order valence-corrected chi connectivity index (χ1v) is 11.0. The lowest BCUT2D eigenvalue weighted by Crippen LogP contribution is -2.33. The second-order valence-corrected chi connectivity index (χ2v) is 8.98. The van der Waals surface area contributed by atoms with Crippen LogP contribution in [0.5, 0.6) is 0 Å². The maximum atomic E-state index is 13.4. The van der Waals surface area contributed by atoms with Crippen LogP contribution in [0.1, 0.15) is 55.0 Å². The van der Waals surface area contributed by atoms with Gasteiger partial charge < -0.3 is 4.90 Å². The summed E-state index contributed by atoms with van der Waals surface area (Å²) < 4.78 is 3.02. The average Bonchev–Trinajstić information content (AvgIpc) is 3.27. The van der Waals surface area contributed by atoms with Gasteiger partial charge in [-0.3, -0.25) is 14.4 Å². The Labute approximate surface area is 189 Å². The molecule has 0 saturated carbocycles. The van der Waals surface area contributed by atoms with Crippen LogP contribution in [0, 0.1) is 6.92 Å². The van der Waals surface area contributed by atoms with Crippen LogP contribution in [0.4, 0.5) is 5.13 Å². The number of thiazole rings is 1. The Morgan fingerprint density at radius 3 is 2.53 bits per heavy atom. The summed E-state index contributed by atoms with van der Waals surface area (Å²) in [7, 11) is 4.09. The van der Waals surface area contributed by atoms with Crippen molar-refractivity contribution in [1.82, 2.24) is 19.7 Å². The maximum absolute atomic E-state index is 13.4. The van der Waals surface area contributed by atoms with Crippen LogP contribution in [-0.4, -0.2) is 52.8 Å². The Bertz CT molecular complexity index is 995. The molecular weight excluding hydrogens is 418 g/mol. The van der Waals surface area contributed by atoms with Crippen molar-refractivity contribution in [1.29, 1.82) is 0 Å². The van der Waals surface area contributed by atoms with E-state index in [1.165, 1.54) is 5.56 Å². The molecule has 0 aliphatic heterocycles. The molecule has 0 bridgehead atoms. The fourth-order valence-corrected chi connectivity index (χ4v) is 4.43. The van der Waals surface area contributed by atoms with Gasteiger partial charge in [-0.15, -0.1) is 12.4 Å². The van der Waals surface area contributed by atoms with Crippen LogP contribution in [0.2, 0.25) is 0 Å². The number of halogens is 1. The van der Waals surface area contributed by atoms with Gasteiger partial charge in [0.2, 0.25) is 0 Å². The van der Waals surface area contributed by atoms with Gasteiger partial charge in [-0.1, -0.05) is 24.3 Å². The summed E-state index contributed by atoms with van der Waals surface area (Å²) in [5.74, 6) is -0.0824. The molecule has 0 saturated heterocycles. The third-order valence-electron chi connectivity index (χ3n) is 4.94. The minimum absolute atomic E-state index is 0. The molecule has 3 aromatic rings. The van der Waals surface area contributed by atoms with Crippen LogP contribution in [0.3, 0.4) is 0 Å². The lowest BCUT2D eigenvalue weighted by atomic mass is 10.2. The van der Waals surface area contributed by atoms with E-state index in [1.807, 2.05) is 37.8 Å². The van der Waals surface area contributed by atoms with Gasteiger partial charge in [0, 0.05) is 18.3 Å². The SMILES string of the molecule is CCc1ccc2nc(N(CCCN(C)C)C(=O)c3cc(C)n(C(C)C)n3)sc2c1.Cl. The summed E-state index contributed by atoms with van der Waals surface area (Å²) in [5, 5.41) is 5.32. The summed E-state index contributed by atoms with van der Waals surface area (Å²) in [6.07, 6.45) is 1.86. The molecule has 164 valence electrons. The average molecular weight is 450 g/mol. The summed E-state index contributed by atoms with van der Waals surface area (Å²) in [4.78, 5) is 22.1. The lowest BCUT2D eigenvalue weighted by Gasteiger charge is -2.20. The van der Waals surface area contributed by atoms with Crippen molar-refractivity contribution < 1.29 is 4.79 Å². The molecule has 0 unspecified atom stereocenters. The van der Waals surface area contributed by atoms with Crippen LogP contribution >= 0.6 is 23.7 Å². The van der Waals surface area contributed by atoms with Gasteiger partial charge in [-0.2, -0.15) is 5.10 Å². The first-order chi connectivity index (χ1) is 13.8. The van der Waals surface area contributed by atoms with E-state index in [1.54, 1.807) is 16.2 Å². The van der Waals surface area contributed by atoms with Crippen LogP contribution in [0.15, 0.2) is 24.3 Å². The number of carbonyl (C=O) groups excluding carboxylic acids is 1. The smallest absolute Gasteiger partial charge is 0.280 e. The summed E-state index contributed by atoms with van der Waals surface area (Å²) in [6, 6.07) is 8.43. The topological polar surface area (TPSA) is 54.3 Å². The number of nitrogens with zero attached hydrogens (tertiary/aromatic N) is 5. The van der Waals surface area contributed by atoms with Gasteiger partial charge in [0.05, 0.1) is 10.2 Å². The van der Waals surface area contributed by atoms with Crippen LogP contribution in [-0.2, 0) is 6.42 Å². The molecule has 0 atom stereocenters. The summed E-state index contributed by atoms with van der Waals surface area (Å²) >= 11 is 1.58. The highest BCUT2D eigenvalue weighted by Gasteiger charge is 2.24. The number of fused-ring (bicyclic) bond motifs is 1. The monoisotopic (exact) mass is 449 g/mol. The van der Waals surface area contributed by atoms with Crippen molar-refractivity contribution in [2.45, 2.75) is 46.6 Å². The van der Waals surface area contributed by atoms with E-state index in [-0.39, 0.29) is 24.4 Å². The standard InChI is InChI=1S/C22H31N5OS.ClH/c1-7-17-9-10-18-20(14-17)29-22(23-18)26(12-8-11-25(5)6)21(28)19-13-16(4)27(24-19)15(2)3;/h9-10,13-15H,7-8,11-12H2,1-6H3;1H. The zero-order chi connectivity index (χ0) is 21.1. The second kappa shape index (κ2) is 10.4. The highest BCUT2D eigenvalue weighted by molar-refractivity contribution is 7.22. The van der Waals surface area contributed by atoms with Gasteiger partial charge in [0.1, 0.15) is 0 Å². The number of hydrogen-bond acceptors (Lipinski definition) is 5. The number of aryl methyl sites for hydroxylation is 2. The molecule has 0 radical (unpaired) electrons. The molecule has 1 aromatic carbocycles. The molecule has 0 aliphatic carbocycles. The highest BCUT2D eigenvalue weighted by atomic mass is 35.5. The number of anilines is 1. The molecule has 2 aromatic heterocycles. The van der Waals surface area contributed by atoms with Crippen molar-refractivity contribution in [3.63, 3.8) is 0 Å². The normalized spacial score (nSPS) is 11.3. The number of hydrogen-bond donors (Lipinski definition) is 0. The van der Waals surface area contributed by atoms with Crippen molar-refractivity contribution in [3.8, 4) is 0 Å². The molecular formula is C22H32ClN5OS. The Hall–Kier alpha value is -1.96. The molecule has 1 amide bonds. The fraction of sp³-hybridized carbons (Fsp3) is 0.500. The molecule has 6 nitrogen and oxygen atoms in total. The third kappa shape index (κ3) is 5.39. The number of carbonyl (C=O) groups is 1. The zero-order valence-corrected chi connectivity index (χ0v) is 20.3. The number of rotatable bonds is 8. The molecule has 8 heteroatoms. The van der Waals surface area contributed by atoms with E-state index in [2.05, 4.69) is 42.9 Å². The number of aromatic nitrogens is 3. The lowest BCUT2D eigenvalue weighted by molar-refractivity contribution is 0.0980. The van der Waals surface area contributed by atoms with E-state index >= 15 is 0 Å². The summed E-state index contributed by atoms with van der Waals surface area (Å²) in [5.41, 5.74) is 3.70. The highest BCUT2D eigenvalue weighted by Crippen LogP contribution is 2.31. The summed E-state index contributed by atoms with van der Waals surface area (Å²) in [6.45, 7) is 9.81. The van der Waals surface area contributed by atoms with Gasteiger partial charge >= 0.3 is 0 Å². The number of amides is 1. The molecule has 0 aliphatic rings. The van der Waals surface area contributed by atoms with E-state index < -0.39 is 0 Å². The molecule has 0 N–H and O–H groups in total. The van der Waals surface area contributed by atoms with Crippen LogP contribution in [0.25, 0.3) is 10.2 Å². The first kappa shape index (κ1) is 24.3. The predicted molar refractivity (Wildman–Crippen MR) is 128 cm³/mol. The molecule has 2 heterocycles. The van der Waals surface area contributed by atoms with E-state index in [0.717, 1.165) is 40.4 Å². The van der Waals surface area contributed by atoms with Crippen molar-refractivity contribution in [3.05, 3.63) is 41.2 Å². The quantitative estimate of drug-likeness (QED) is 0.487. The maximum Gasteiger partial charge on any atom is 0.280 e. The Balaban J connectivity index is 0.00000320. The van der Waals surface area contributed by atoms with Gasteiger partial charge in [0.25, 0.3) is 5.91 Å². The zero-order valence-electron chi connectivity index (χ0n) is 18.7. The van der Waals surface area contributed by atoms with E-state index in [9.17, 15) is 4.79 Å². The van der Waals surface area contributed by atoms with Crippen LogP contribution < -0.4 is 4.90 Å². The minimum Gasteiger partial charge on any atom is -0.309 e. The Morgan fingerprint density at radius 2 is 1.93 bits per heavy atom. The third-order valence-corrected chi connectivity index (χ3v) is 5.98. The fourth-order valence-electron chi connectivity index (χ4n) is 3.37. The van der Waals surface area contributed by atoms with E-state index in [4.69, 9.17) is 4.98 Å². The van der Waals surface area contributed by atoms with Crippen molar-refractivity contribution in [2.24, 2.45) is 0 Å². The molecule has 3 rings (SSSR count). The second-order valence-electron chi connectivity index (χ2n) is 7.97. The number of benzene rings is 1. The van der Waals surface area contributed by atoms with Gasteiger partial charge in [-0.05, 0) is 78.0 Å². The van der Waals surface area contributed by atoms with Gasteiger partial charge in [0.15, 0.2) is 10.8 Å². The molecule has 30 heavy (non-hydrogen) atoms. The Kier molecular flexibility index (Phi) is 8.41.